The zero-order valence-electron chi connectivity index (χ0n) is 9.68. The van der Waals surface area contributed by atoms with Crippen LogP contribution < -0.4 is 0 Å². The molecular formula is C14H8F2N2O. The van der Waals surface area contributed by atoms with Crippen LogP contribution >= 0.6 is 0 Å². The summed E-state index contributed by atoms with van der Waals surface area (Å²) in [6.45, 7) is 0. The third-order valence-electron chi connectivity index (χ3n) is 2.71. The van der Waals surface area contributed by atoms with E-state index in [4.69, 9.17) is 4.52 Å². The molecule has 0 aliphatic heterocycles. The number of hydrogen-bond acceptors (Lipinski definition) is 3. The smallest absolute Gasteiger partial charge is 0.213 e. The molecule has 0 amide bonds. The summed E-state index contributed by atoms with van der Waals surface area (Å²) >= 11 is 0. The molecule has 0 radical (unpaired) electrons. The number of aromatic nitrogens is 2. The number of halogens is 2. The molecule has 1 aromatic carbocycles. The van der Waals surface area contributed by atoms with Crippen LogP contribution in [0, 0.1) is 11.8 Å². The van der Waals surface area contributed by atoms with Gasteiger partial charge in [-0.1, -0.05) is 5.16 Å². The SMILES string of the molecule is Fc1ccc(-c2oncc2-c2ccnc(F)c2)cc1. The Labute approximate surface area is 107 Å². The van der Waals surface area contributed by atoms with Gasteiger partial charge < -0.3 is 4.52 Å². The van der Waals surface area contributed by atoms with E-state index in [2.05, 4.69) is 10.1 Å². The van der Waals surface area contributed by atoms with Crippen molar-refractivity contribution in [3.8, 4) is 22.5 Å². The largest absolute Gasteiger partial charge is 0.356 e. The van der Waals surface area contributed by atoms with Crippen molar-refractivity contribution in [2.75, 3.05) is 0 Å². The summed E-state index contributed by atoms with van der Waals surface area (Å²) in [5.41, 5.74) is 1.91. The van der Waals surface area contributed by atoms with Gasteiger partial charge in [-0.15, -0.1) is 0 Å². The molecule has 0 bridgehead atoms. The third kappa shape index (κ3) is 2.22. The number of pyridine rings is 1. The van der Waals surface area contributed by atoms with E-state index in [9.17, 15) is 8.78 Å². The molecule has 5 heteroatoms. The molecule has 0 atom stereocenters. The van der Waals surface area contributed by atoms with Gasteiger partial charge in [0.2, 0.25) is 5.95 Å². The molecule has 2 heterocycles. The molecule has 0 saturated carbocycles. The van der Waals surface area contributed by atoms with Crippen molar-refractivity contribution in [3.05, 3.63) is 60.6 Å². The first-order chi connectivity index (χ1) is 9.24. The summed E-state index contributed by atoms with van der Waals surface area (Å²) in [7, 11) is 0. The van der Waals surface area contributed by atoms with Crippen LogP contribution in [-0.4, -0.2) is 10.1 Å². The highest BCUT2D eigenvalue weighted by Crippen LogP contribution is 2.31. The van der Waals surface area contributed by atoms with Gasteiger partial charge in [0.15, 0.2) is 5.76 Å². The van der Waals surface area contributed by atoms with Gasteiger partial charge in [-0.05, 0) is 35.9 Å². The van der Waals surface area contributed by atoms with Crippen molar-refractivity contribution in [1.29, 1.82) is 0 Å². The highest BCUT2D eigenvalue weighted by molar-refractivity contribution is 5.78. The summed E-state index contributed by atoms with van der Waals surface area (Å²) in [5, 5.41) is 3.72. The van der Waals surface area contributed by atoms with Crippen molar-refractivity contribution in [1.82, 2.24) is 10.1 Å². The Kier molecular flexibility index (Phi) is 2.79. The molecule has 0 aliphatic carbocycles. The first-order valence-electron chi connectivity index (χ1n) is 5.56. The molecule has 2 aromatic heterocycles. The van der Waals surface area contributed by atoms with E-state index in [1.54, 1.807) is 18.2 Å². The van der Waals surface area contributed by atoms with Gasteiger partial charge in [-0.25, -0.2) is 9.37 Å². The molecule has 3 aromatic rings. The van der Waals surface area contributed by atoms with E-state index in [0.717, 1.165) is 0 Å². The Morgan fingerprint density at radius 1 is 0.947 bits per heavy atom. The molecule has 0 aliphatic rings. The van der Waals surface area contributed by atoms with Crippen molar-refractivity contribution >= 4 is 0 Å². The fourth-order valence-electron chi connectivity index (χ4n) is 1.82. The van der Waals surface area contributed by atoms with Crippen molar-refractivity contribution < 1.29 is 13.3 Å². The van der Waals surface area contributed by atoms with Gasteiger partial charge >= 0.3 is 0 Å². The lowest BCUT2D eigenvalue weighted by atomic mass is 10.0. The summed E-state index contributed by atoms with van der Waals surface area (Å²) in [6, 6.07) is 8.76. The predicted octanol–water partition coefficient (Wildman–Crippen LogP) is 3.68. The van der Waals surface area contributed by atoms with E-state index in [-0.39, 0.29) is 5.82 Å². The van der Waals surface area contributed by atoms with Crippen LogP contribution in [0.1, 0.15) is 0 Å². The topological polar surface area (TPSA) is 38.9 Å². The first-order valence-corrected chi connectivity index (χ1v) is 5.56. The Bertz CT molecular complexity index is 707. The maximum Gasteiger partial charge on any atom is 0.213 e. The van der Waals surface area contributed by atoms with Gasteiger partial charge in [-0.2, -0.15) is 4.39 Å². The molecule has 94 valence electrons. The maximum absolute atomic E-state index is 13.1. The summed E-state index contributed by atoms with van der Waals surface area (Å²) in [4.78, 5) is 3.50. The van der Waals surface area contributed by atoms with Gasteiger partial charge in [0, 0.05) is 23.4 Å². The fraction of sp³-hybridized carbons (Fsp3) is 0. The highest BCUT2D eigenvalue weighted by atomic mass is 19.1. The van der Waals surface area contributed by atoms with E-state index in [1.807, 2.05) is 0 Å². The van der Waals surface area contributed by atoms with Crippen LogP contribution in [0.2, 0.25) is 0 Å². The van der Waals surface area contributed by atoms with Crippen LogP contribution in [0.3, 0.4) is 0 Å². The van der Waals surface area contributed by atoms with Crippen LogP contribution in [0.5, 0.6) is 0 Å². The molecule has 0 N–H and O–H groups in total. The quantitative estimate of drug-likeness (QED) is 0.658. The van der Waals surface area contributed by atoms with Crippen LogP contribution in [0.25, 0.3) is 22.5 Å². The zero-order valence-corrected chi connectivity index (χ0v) is 9.68. The second kappa shape index (κ2) is 4.61. The third-order valence-corrected chi connectivity index (χ3v) is 2.71. The van der Waals surface area contributed by atoms with Crippen LogP contribution in [-0.2, 0) is 0 Å². The lowest BCUT2D eigenvalue weighted by Crippen LogP contribution is -1.85. The Balaban J connectivity index is 2.10. The van der Waals surface area contributed by atoms with Crippen molar-refractivity contribution in [2.24, 2.45) is 0 Å². The van der Waals surface area contributed by atoms with Gasteiger partial charge in [0.1, 0.15) is 5.82 Å². The number of hydrogen-bond donors (Lipinski definition) is 0. The average Bonchev–Trinajstić information content (AvgIpc) is 2.89. The second-order valence-corrected chi connectivity index (χ2v) is 3.94. The zero-order chi connectivity index (χ0) is 13.2. The second-order valence-electron chi connectivity index (χ2n) is 3.94. The number of rotatable bonds is 2. The van der Waals surface area contributed by atoms with E-state index >= 15 is 0 Å². The van der Waals surface area contributed by atoms with Crippen LogP contribution in [0.4, 0.5) is 8.78 Å². The molecule has 3 nitrogen and oxygen atoms in total. The Morgan fingerprint density at radius 3 is 2.47 bits per heavy atom. The lowest BCUT2D eigenvalue weighted by Gasteiger charge is -2.01. The van der Waals surface area contributed by atoms with E-state index in [0.29, 0.717) is 22.5 Å². The normalized spacial score (nSPS) is 10.6. The average molecular weight is 258 g/mol. The Hall–Kier alpha value is -2.56. The van der Waals surface area contributed by atoms with Crippen molar-refractivity contribution in [2.45, 2.75) is 0 Å². The maximum atomic E-state index is 13.1. The van der Waals surface area contributed by atoms with Crippen LogP contribution in [0.15, 0.2) is 53.3 Å². The minimum Gasteiger partial charge on any atom is -0.356 e. The van der Waals surface area contributed by atoms with Gasteiger partial charge in [0.05, 0.1) is 6.20 Å². The summed E-state index contributed by atoms with van der Waals surface area (Å²) in [6.07, 6.45) is 2.86. The molecule has 3 rings (SSSR count). The monoisotopic (exact) mass is 258 g/mol. The first kappa shape index (κ1) is 11.5. The highest BCUT2D eigenvalue weighted by Gasteiger charge is 2.13. The number of benzene rings is 1. The summed E-state index contributed by atoms with van der Waals surface area (Å²) < 4.78 is 31.2. The van der Waals surface area contributed by atoms with Gasteiger partial charge in [0.25, 0.3) is 0 Å². The molecule has 19 heavy (non-hydrogen) atoms. The fourth-order valence-corrected chi connectivity index (χ4v) is 1.82. The van der Waals surface area contributed by atoms with Gasteiger partial charge in [-0.3, -0.25) is 0 Å². The molecule has 0 saturated heterocycles. The number of nitrogens with zero attached hydrogens (tertiary/aromatic N) is 2. The molecular weight excluding hydrogens is 250 g/mol. The van der Waals surface area contributed by atoms with E-state index in [1.165, 1.54) is 30.6 Å². The minimum absolute atomic E-state index is 0.334. The van der Waals surface area contributed by atoms with Crippen molar-refractivity contribution in [3.63, 3.8) is 0 Å². The lowest BCUT2D eigenvalue weighted by molar-refractivity contribution is 0.432. The predicted molar refractivity (Wildman–Crippen MR) is 65.1 cm³/mol. The van der Waals surface area contributed by atoms with E-state index < -0.39 is 5.95 Å². The standard InChI is InChI=1S/C14H8F2N2O/c15-11-3-1-9(2-4-11)14-12(8-18-19-14)10-5-6-17-13(16)7-10/h1-8H. The molecule has 0 fully saturated rings. The minimum atomic E-state index is -0.580. The molecule has 0 spiro atoms. The summed E-state index contributed by atoms with van der Waals surface area (Å²) in [5.74, 6) is -0.450. The molecule has 0 unspecified atom stereocenters. The Morgan fingerprint density at radius 2 is 1.74 bits per heavy atom.